The van der Waals surface area contributed by atoms with E-state index in [0.29, 0.717) is 52.7 Å². The van der Waals surface area contributed by atoms with Crippen LogP contribution >= 0.6 is 11.8 Å². The van der Waals surface area contributed by atoms with Crippen LogP contribution in [0.3, 0.4) is 0 Å². The van der Waals surface area contributed by atoms with Gasteiger partial charge in [-0.1, -0.05) is 17.7 Å². The van der Waals surface area contributed by atoms with E-state index in [9.17, 15) is 20.0 Å². The number of aromatic nitrogens is 1. The van der Waals surface area contributed by atoms with Crippen molar-refractivity contribution in [2.75, 3.05) is 32.8 Å². The van der Waals surface area contributed by atoms with Crippen LogP contribution in [-0.2, 0) is 32.7 Å². The van der Waals surface area contributed by atoms with Gasteiger partial charge in [0.25, 0.3) is 0 Å². The molecule has 0 amide bonds. The van der Waals surface area contributed by atoms with Crippen molar-refractivity contribution in [3.05, 3.63) is 74.5 Å². The number of carbonyl (C=O) groups excluding carboxylic acids is 2. The number of piperazine rings is 1. The number of aryl methyl sites for hydroxylation is 2. The van der Waals surface area contributed by atoms with Crippen LogP contribution in [0, 0.1) is 32.1 Å². The van der Waals surface area contributed by atoms with Gasteiger partial charge in [-0.05, 0) is 62.4 Å². The number of fused-ring (bicyclic) bond motifs is 11. The van der Waals surface area contributed by atoms with Gasteiger partial charge in [0, 0.05) is 64.5 Å². The molecule has 11 rings (SSSR count). The van der Waals surface area contributed by atoms with E-state index < -0.39 is 46.9 Å². The Morgan fingerprint density at radius 1 is 1.11 bits per heavy atom. The molecule has 0 aliphatic carbocycles. The maximum absolute atomic E-state index is 14.8. The van der Waals surface area contributed by atoms with Gasteiger partial charge in [0.2, 0.25) is 6.79 Å². The average Bonchev–Trinajstić information content (AvgIpc) is 3.80. The molecule has 7 atom stereocenters. The standard InChI is InChI=1S/C41H41N5O8S/c1-17-6-7-24-23(10-17)22-8-9-43-41(39(22)45-24)15-55-38-30-29(37-36(52-16-53-37)19(3)35(30)54-20(4)47)27(14-51-40(41)49)46-26(13-42)25-12-21-11-18(2)34(50-5)33(48)28(21)31(44-25)32(38)46/h6-7,10-11,25-27,31-32,38,43-45,48H,8-9,12,14-16H2,1-5H3/t25?,26-,27?,31?,32?,38+,41+/m0/s1. The summed E-state index contributed by atoms with van der Waals surface area (Å²) in [5.41, 5.74) is 7.18. The topological polar surface area (TPSA) is 167 Å². The molecule has 0 radical (unpaired) electrons. The number of H-pyrrole nitrogens is 1. The largest absolute Gasteiger partial charge is 0.504 e. The number of carbonyl (C=O) groups is 2. The van der Waals surface area contributed by atoms with Crippen molar-refractivity contribution >= 4 is 34.6 Å². The Morgan fingerprint density at radius 3 is 2.71 bits per heavy atom. The first-order valence-corrected chi connectivity index (χ1v) is 19.7. The number of phenols is 1. The Kier molecular flexibility index (Phi) is 7.71. The molecule has 7 aliphatic heterocycles. The summed E-state index contributed by atoms with van der Waals surface area (Å²) < 4.78 is 30.6. The quantitative estimate of drug-likeness (QED) is 0.164. The maximum Gasteiger partial charge on any atom is 0.333 e. The summed E-state index contributed by atoms with van der Waals surface area (Å²) in [6.45, 7) is 7.60. The number of hydrogen-bond acceptors (Lipinski definition) is 13. The van der Waals surface area contributed by atoms with Gasteiger partial charge in [-0.25, -0.2) is 4.79 Å². The normalized spacial score (nSPS) is 28.8. The van der Waals surface area contributed by atoms with Gasteiger partial charge >= 0.3 is 11.9 Å². The van der Waals surface area contributed by atoms with Crippen LogP contribution in [0.1, 0.15) is 74.5 Å². The van der Waals surface area contributed by atoms with Crippen LogP contribution in [0.4, 0.5) is 0 Å². The van der Waals surface area contributed by atoms with Crippen LogP contribution in [-0.4, -0.2) is 77.9 Å². The lowest BCUT2D eigenvalue weighted by Gasteiger charge is -2.59. The van der Waals surface area contributed by atoms with Crippen molar-refractivity contribution in [1.82, 2.24) is 20.5 Å². The van der Waals surface area contributed by atoms with Crippen LogP contribution in [0.25, 0.3) is 10.9 Å². The van der Waals surface area contributed by atoms with Crippen LogP contribution in [0.2, 0.25) is 0 Å². The van der Waals surface area contributed by atoms with Gasteiger partial charge in [0.05, 0.1) is 36.2 Å². The third-order valence-corrected chi connectivity index (χ3v) is 14.0. The molecule has 55 heavy (non-hydrogen) atoms. The minimum absolute atomic E-state index is 0.0373. The molecule has 4 unspecified atom stereocenters. The molecule has 4 aromatic rings. The van der Waals surface area contributed by atoms with Crippen molar-refractivity contribution in [2.45, 2.75) is 81.5 Å². The molecule has 2 fully saturated rings. The molecular formula is C41H41N5O8S. The first kappa shape index (κ1) is 34.5. The monoisotopic (exact) mass is 763 g/mol. The molecule has 284 valence electrons. The van der Waals surface area contributed by atoms with Gasteiger partial charge in [-0.3, -0.25) is 15.0 Å². The van der Waals surface area contributed by atoms with Gasteiger partial charge in [0.15, 0.2) is 28.5 Å². The molecule has 2 saturated heterocycles. The first-order valence-electron chi connectivity index (χ1n) is 18.7. The number of thioether (sulfide) groups is 1. The van der Waals surface area contributed by atoms with Crippen molar-refractivity contribution in [2.24, 2.45) is 0 Å². The fourth-order valence-electron chi connectivity index (χ4n) is 10.4. The summed E-state index contributed by atoms with van der Waals surface area (Å²) in [7, 11) is 1.55. The van der Waals surface area contributed by atoms with Crippen LogP contribution < -0.4 is 29.6 Å². The number of esters is 2. The fraction of sp³-hybridized carbons (Fsp3) is 0.439. The number of nitrogens with one attached hydrogen (secondary N) is 3. The van der Waals surface area contributed by atoms with Crippen molar-refractivity contribution in [1.29, 1.82) is 5.26 Å². The number of hydrogen-bond donors (Lipinski definition) is 4. The lowest BCUT2D eigenvalue weighted by Crippen LogP contribution is -2.69. The number of rotatable bonds is 2. The molecule has 4 N–H and O–H groups in total. The number of aromatic amines is 1. The van der Waals surface area contributed by atoms with Gasteiger partial charge < -0.3 is 39.1 Å². The van der Waals surface area contributed by atoms with E-state index in [-0.39, 0.29) is 30.9 Å². The summed E-state index contributed by atoms with van der Waals surface area (Å²) in [5, 5.41) is 31.0. The highest BCUT2D eigenvalue weighted by Crippen LogP contribution is 2.63. The first-order chi connectivity index (χ1) is 26.6. The van der Waals surface area contributed by atoms with E-state index in [4.69, 9.17) is 23.7 Å². The van der Waals surface area contributed by atoms with E-state index in [2.05, 4.69) is 51.7 Å². The number of aromatic hydroxyl groups is 1. The van der Waals surface area contributed by atoms with Gasteiger partial charge in [-0.2, -0.15) is 5.26 Å². The fourth-order valence-corrected chi connectivity index (χ4v) is 12.1. The Labute approximate surface area is 321 Å². The molecule has 1 spiro atoms. The highest BCUT2D eigenvalue weighted by atomic mass is 32.2. The molecule has 3 aromatic carbocycles. The van der Waals surface area contributed by atoms with E-state index in [1.807, 2.05) is 19.9 Å². The second-order valence-corrected chi connectivity index (χ2v) is 16.6. The van der Waals surface area contributed by atoms with E-state index >= 15 is 0 Å². The molecule has 4 bridgehead atoms. The van der Waals surface area contributed by atoms with Crippen molar-refractivity contribution in [3.63, 3.8) is 0 Å². The van der Waals surface area contributed by atoms with E-state index in [0.717, 1.165) is 50.8 Å². The molecular weight excluding hydrogens is 723 g/mol. The van der Waals surface area contributed by atoms with E-state index in [1.165, 1.54) is 6.92 Å². The smallest absolute Gasteiger partial charge is 0.333 e. The third kappa shape index (κ3) is 4.70. The van der Waals surface area contributed by atoms with Gasteiger partial charge in [0.1, 0.15) is 18.4 Å². The second kappa shape index (κ2) is 12.3. The summed E-state index contributed by atoms with van der Waals surface area (Å²) in [6.07, 6.45) is 1.22. The SMILES string of the molecule is COc1c(C)cc2c(c1O)C1NC(C2)[C@H](C#N)N2C3COC(=O)[C@]4(CS[C@H](c5c(OC(C)=O)c(C)c6c(c53)OCO6)C12)NCCc1c4[nH]c2ccc(C)cc12. The van der Waals surface area contributed by atoms with Crippen molar-refractivity contribution in [3.8, 4) is 34.8 Å². The van der Waals surface area contributed by atoms with Crippen molar-refractivity contribution < 1.29 is 38.4 Å². The summed E-state index contributed by atoms with van der Waals surface area (Å²) >= 11 is 1.54. The minimum Gasteiger partial charge on any atom is -0.504 e. The molecule has 13 nitrogen and oxygen atoms in total. The number of benzene rings is 3. The lowest BCUT2D eigenvalue weighted by molar-refractivity contribution is -0.155. The zero-order chi connectivity index (χ0) is 38.1. The third-order valence-electron chi connectivity index (χ3n) is 12.5. The number of nitrogens with zero attached hydrogens (tertiary/aromatic N) is 2. The molecule has 1 aromatic heterocycles. The number of phenolic OH excluding ortho intramolecular Hbond substituents is 1. The Hall–Kier alpha value is -4.94. The number of nitriles is 1. The zero-order valence-electron chi connectivity index (χ0n) is 31.1. The Balaban J connectivity index is 1.24. The zero-order valence-corrected chi connectivity index (χ0v) is 31.9. The van der Waals surface area contributed by atoms with Crippen LogP contribution in [0.5, 0.6) is 28.7 Å². The molecule has 8 heterocycles. The van der Waals surface area contributed by atoms with E-state index in [1.54, 1.807) is 18.9 Å². The molecule has 14 heteroatoms. The maximum atomic E-state index is 14.8. The molecule has 7 aliphatic rings. The second-order valence-electron chi connectivity index (χ2n) is 15.5. The van der Waals surface area contributed by atoms with Crippen LogP contribution in [0.15, 0.2) is 24.3 Å². The predicted molar refractivity (Wildman–Crippen MR) is 202 cm³/mol. The number of methoxy groups -OCH3 is 1. The number of ether oxygens (including phenoxy) is 5. The minimum atomic E-state index is -1.24. The lowest BCUT2D eigenvalue weighted by atomic mass is 9.72. The van der Waals surface area contributed by atoms with Gasteiger partial charge in [-0.15, -0.1) is 11.8 Å². The predicted octanol–water partition coefficient (Wildman–Crippen LogP) is 4.72. The highest BCUT2D eigenvalue weighted by molar-refractivity contribution is 7.99. The summed E-state index contributed by atoms with van der Waals surface area (Å²) in [4.78, 5) is 33.5. The highest BCUT2D eigenvalue weighted by Gasteiger charge is 2.60. The summed E-state index contributed by atoms with van der Waals surface area (Å²) in [6, 6.07) is 8.25. The Bertz CT molecular complexity index is 2410. The molecule has 0 saturated carbocycles. The Morgan fingerprint density at radius 2 is 1.93 bits per heavy atom. The summed E-state index contributed by atoms with van der Waals surface area (Å²) in [5.74, 6) is 1.10. The average molecular weight is 764 g/mol.